The van der Waals surface area contributed by atoms with E-state index in [1.807, 2.05) is 0 Å². The Morgan fingerprint density at radius 2 is 0.750 bits per heavy atom. The number of carbonyl (C=O) groups excluding carboxylic acids is 2. The first-order chi connectivity index (χ1) is 27.5. The van der Waals surface area contributed by atoms with E-state index in [9.17, 15) is 14.7 Å². The number of aliphatic hydroxyl groups is 1. The van der Waals surface area contributed by atoms with Crippen LogP contribution in [0, 0.1) is 5.92 Å². The van der Waals surface area contributed by atoms with Crippen LogP contribution in [0.3, 0.4) is 0 Å². The number of hydrogen-bond acceptors (Lipinski definition) is 7. The summed E-state index contributed by atoms with van der Waals surface area (Å²) in [5.74, 6) is 0.105. The van der Waals surface area contributed by atoms with Gasteiger partial charge in [-0.15, -0.1) is 0 Å². The largest absolute Gasteiger partial charge is 0.466 e. The number of ether oxygens (including phenoxy) is 2. The van der Waals surface area contributed by atoms with Crippen molar-refractivity contribution in [2.45, 2.75) is 240 Å². The van der Waals surface area contributed by atoms with Crippen LogP contribution in [0.1, 0.15) is 240 Å². The monoisotopic (exact) mass is 795 g/mol. The quantitative estimate of drug-likeness (QED) is 0.0485. The van der Waals surface area contributed by atoms with E-state index in [-0.39, 0.29) is 24.5 Å². The molecule has 1 atom stereocenters. The summed E-state index contributed by atoms with van der Waals surface area (Å²) in [6.07, 6.45) is 38.5. The van der Waals surface area contributed by atoms with Crippen molar-refractivity contribution >= 4 is 11.9 Å². The van der Waals surface area contributed by atoms with Crippen LogP contribution in [0.2, 0.25) is 0 Å². The lowest BCUT2D eigenvalue weighted by atomic mass is 9.94. The summed E-state index contributed by atoms with van der Waals surface area (Å²) in [7, 11) is 0. The van der Waals surface area contributed by atoms with Gasteiger partial charge in [0.05, 0.1) is 25.6 Å². The van der Waals surface area contributed by atoms with Crippen molar-refractivity contribution in [3.8, 4) is 0 Å². The molecule has 1 N–H and O–H groups in total. The zero-order valence-corrected chi connectivity index (χ0v) is 38.3. The Balaban J connectivity index is 4.28. The van der Waals surface area contributed by atoms with Crippen molar-refractivity contribution in [3.63, 3.8) is 0 Å². The fraction of sp³-hybridized carbons (Fsp3) is 0.959. The van der Waals surface area contributed by atoms with Gasteiger partial charge >= 0.3 is 11.9 Å². The maximum atomic E-state index is 13.0. The minimum absolute atomic E-state index is 0.0368. The van der Waals surface area contributed by atoms with E-state index in [0.29, 0.717) is 19.6 Å². The molecule has 0 saturated carbocycles. The van der Waals surface area contributed by atoms with E-state index in [4.69, 9.17) is 9.47 Å². The van der Waals surface area contributed by atoms with Crippen molar-refractivity contribution in [3.05, 3.63) is 0 Å². The topological polar surface area (TPSA) is 79.3 Å². The van der Waals surface area contributed by atoms with Gasteiger partial charge < -0.3 is 24.4 Å². The molecule has 1 unspecified atom stereocenters. The van der Waals surface area contributed by atoms with Gasteiger partial charge in [0.2, 0.25) is 0 Å². The van der Waals surface area contributed by atoms with Crippen molar-refractivity contribution in [1.29, 1.82) is 0 Å². The molecule has 0 heterocycles. The number of rotatable bonds is 46. The third kappa shape index (κ3) is 38.3. The second-order valence-electron chi connectivity index (χ2n) is 17.0. The molecule has 0 aromatic carbocycles. The normalized spacial score (nSPS) is 12.2. The second-order valence-corrected chi connectivity index (χ2v) is 17.0. The van der Waals surface area contributed by atoms with Gasteiger partial charge in [-0.2, -0.15) is 0 Å². The molecule has 0 aliphatic rings. The zero-order valence-electron chi connectivity index (χ0n) is 38.3. The molecule has 0 aromatic rings. The Morgan fingerprint density at radius 3 is 1.21 bits per heavy atom. The Labute approximate surface area is 349 Å². The molecule has 0 rings (SSSR count). The molecule has 7 heteroatoms. The van der Waals surface area contributed by atoms with Crippen molar-refractivity contribution in [2.24, 2.45) is 5.92 Å². The molecule has 334 valence electrons. The standard InChI is InChI=1S/C49H98N2O5/c1-5-9-13-17-19-26-36-47(35-25-15-11-7-3)49(54)56-46-34-24-22-30-39-50(42-31-32-44-52)38-29-21-23-33-45-55-48(53)37-43-51(40-27-16-12-8-4)41-28-20-18-14-10-6-2/h47,52H,5-46H2,1-4H3. The first-order valence-corrected chi connectivity index (χ1v) is 24.9. The van der Waals surface area contributed by atoms with Crippen LogP contribution < -0.4 is 0 Å². The summed E-state index contributed by atoms with van der Waals surface area (Å²) in [5.41, 5.74) is 0. The van der Waals surface area contributed by atoms with Gasteiger partial charge in [0.15, 0.2) is 0 Å². The molecule has 0 aliphatic carbocycles. The maximum Gasteiger partial charge on any atom is 0.308 e. The number of hydrogen-bond donors (Lipinski definition) is 1. The molecule has 0 aromatic heterocycles. The van der Waals surface area contributed by atoms with E-state index < -0.39 is 0 Å². The van der Waals surface area contributed by atoms with Gasteiger partial charge in [0, 0.05) is 13.2 Å². The molecule has 0 bridgehead atoms. The highest BCUT2D eigenvalue weighted by Crippen LogP contribution is 2.21. The van der Waals surface area contributed by atoms with E-state index in [1.54, 1.807) is 0 Å². The lowest BCUT2D eigenvalue weighted by Gasteiger charge is -2.22. The first kappa shape index (κ1) is 54.8. The molecule has 0 fully saturated rings. The third-order valence-electron chi connectivity index (χ3n) is 11.6. The predicted octanol–water partition coefficient (Wildman–Crippen LogP) is 13.2. The molecule has 7 nitrogen and oxygen atoms in total. The van der Waals surface area contributed by atoms with Crippen LogP contribution >= 0.6 is 0 Å². The van der Waals surface area contributed by atoms with Gasteiger partial charge in [0.25, 0.3) is 0 Å². The number of carbonyl (C=O) groups is 2. The molecular formula is C49H98N2O5. The SMILES string of the molecule is CCCCCCCCC(CCCCCC)C(=O)OCCCCCCN(CCCCO)CCCCCCOC(=O)CCN(CCCCCC)CCCCCCCC. The summed E-state index contributed by atoms with van der Waals surface area (Å²) < 4.78 is 11.5. The fourth-order valence-electron chi connectivity index (χ4n) is 7.74. The lowest BCUT2D eigenvalue weighted by molar-refractivity contribution is -0.149. The fourth-order valence-corrected chi connectivity index (χ4v) is 7.74. The van der Waals surface area contributed by atoms with Crippen LogP contribution in [-0.4, -0.2) is 85.9 Å². The van der Waals surface area contributed by atoms with E-state index in [0.717, 1.165) is 129 Å². The van der Waals surface area contributed by atoms with Gasteiger partial charge in [-0.1, -0.05) is 169 Å². The number of nitrogens with zero attached hydrogens (tertiary/aromatic N) is 2. The molecule has 0 amide bonds. The third-order valence-corrected chi connectivity index (χ3v) is 11.6. The lowest BCUT2D eigenvalue weighted by Crippen LogP contribution is -2.29. The summed E-state index contributed by atoms with van der Waals surface area (Å²) in [6, 6.07) is 0. The first-order valence-electron chi connectivity index (χ1n) is 24.9. The van der Waals surface area contributed by atoms with Crippen LogP contribution in [0.4, 0.5) is 0 Å². The summed E-state index contributed by atoms with van der Waals surface area (Å²) in [6.45, 7) is 16.7. The van der Waals surface area contributed by atoms with E-state index in [1.165, 1.54) is 116 Å². The van der Waals surface area contributed by atoms with Crippen LogP contribution in [0.15, 0.2) is 0 Å². The van der Waals surface area contributed by atoms with Crippen molar-refractivity contribution in [1.82, 2.24) is 9.80 Å². The highest BCUT2D eigenvalue weighted by molar-refractivity contribution is 5.72. The molecule has 0 spiro atoms. The average molecular weight is 795 g/mol. The van der Waals surface area contributed by atoms with Gasteiger partial charge in [-0.3, -0.25) is 9.59 Å². The zero-order chi connectivity index (χ0) is 41.0. The molecular weight excluding hydrogens is 697 g/mol. The Morgan fingerprint density at radius 1 is 0.411 bits per heavy atom. The van der Waals surface area contributed by atoms with E-state index in [2.05, 4.69) is 37.5 Å². The number of aliphatic hydroxyl groups excluding tert-OH is 1. The maximum absolute atomic E-state index is 13.0. The molecule has 0 saturated heterocycles. The van der Waals surface area contributed by atoms with Gasteiger partial charge in [0.1, 0.15) is 0 Å². The number of esters is 2. The minimum Gasteiger partial charge on any atom is -0.466 e. The predicted molar refractivity (Wildman–Crippen MR) is 240 cm³/mol. The Bertz CT molecular complexity index is 811. The molecule has 56 heavy (non-hydrogen) atoms. The van der Waals surface area contributed by atoms with Crippen LogP contribution in [0.25, 0.3) is 0 Å². The van der Waals surface area contributed by atoms with Crippen molar-refractivity contribution < 1.29 is 24.2 Å². The smallest absolute Gasteiger partial charge is 0.308 e. The second kappa shape index (κ2) is 44.9. The highest BCUT2D eigenvalue weighted by Gasteiger charge is 2.19. The summed E-state index contributed by atoms with van der Waals surface area (Å²) >= 11 is 0. The molecule has 0 aliphatic heterocycles. The van der Waals surface area contributed by atoms with Crippen molar-refractivity contribution in [2.75, 3.05) is 59.1 Å². The van der Waals surface area contributed by atoms with Gasteiger partial charge in [-0.05, 0) is 96.9 Å². The highest BCUT2D eigenvalue weighted by atomic mass is 16.5. The van der Waals surface area contributed by atoms with Gasteiger partial charge in [-0.25, -0.2) is 0 Å². The Hall–Kier alpha value is -1.18. The van der Waals surface area contributed by atoms with Crippen LogP contribution in [0.5, 0.6) is 0 Å². The van der Waals surface area contributed by atoms with Crippen LogP contribution in [-0.2, 0) is 19.1 Å². The summed E-state index contributed by atoms with van der Waals surface area (Å²) in [4.78, 5) is 30.6. The Kier molecular flexibility index (Phi) is 44.0. The average Bonchev–Trinajstić information content (AvgIpc) is 3.20. The molecule has 0 radical (unpaired) electrons. The van der Waals surface area contributed by atoms with E-state index >= 15 is 0 Å². The number of unbranched alkanes of at least 4 members (excludes halogenated alkanes) is 23. The summed E-state index contributed by atoms with van der Waals surface area (Å²) in [5, 5.41) is 9.32. The minimum atomic E-state index is -0.0368.